The van der Waals surface area contributed by atoms with E-state index >= 15 is 0 Å². The van der Waals surface area contributed by atoms with Crippen molar-refractivity contribution >= 4 is 33.9 Å². The van der Waals surface area contributed by atoms with Crippen LogP contribution < -0.4 is 5.32 Å². The molecular weight excluding hydrogens is 344 g/mol. The number of rotatable bonds is 7. The van der Waals surface area contributed by atoms with Gasteiger partial charge in [-0.25, -0.2) is 0 Å². The molecule has 0 aliphatic rings. The van der Waals surface area contributed by atoms with E-state index in [4.69, 9.17) is 0 Å². The Bertz CT molecular complexity index is 806. The fourth-order valence-corrected chi connectivity index (χ4v) is 3.68. The molecule has 0 aliphatic heterocycles. The SMILES string of the molecule is O=[N+]([O-])c1ccc(CSc2nnc(NCc3ccccc3)s2)cc1. The number of thioether (sulfide) groups is 1. The van der Waals surface area contributed by atoms with Crippen LogP contribution in [0, 0.1) is 10.1 Å². The van der Waals surface area contributed by atoms with Gasteiger partial charge in [-0.2, -0.15) is 0 Å². The van der Waals surface area contributed by atoms with Crippen LogP contribution in [-0.2, 0) is 12.3 Å². The molecule has 0 saturated carbocycles. The number of aromatic nitrogens is 2. The zero-order chi connectivity index (χ0) is 16.8. The van der Waals surface area contributed by atoms with Crippen molar-refractivity contribution in [1.82, 2.24) is 10.2 Å². The third-order valence-corrected chi connectivity index (χ3v) is 5.29. The van der Waals surface area contributed by atoms with Crippen molar-refractivity contribution in [2.45, 2.75) is 16.6 Å². The molecule has 1 aromatic heterocycles. The first-order valence-corrected chi connectivity index (χ1v) is 8.98. The summed E-state index contributed by atoms with van der Waals surface area (Å²) < 4.78 is 0.865. The summed E-state index contributed by atoms with van der Waals surface area (Å²) in [6.45, 7) is 0.711. The van der Waals surface area contributed by atoms with Crippen LogP contribution in [0.5, 0.6) is 0 Å². The van der Waals surface area contributed by atoms with Gasteiger partial charge in [0.15, 0.2) is 4.34 Å². The molecule has 0 radical (unpaired) electrons. The summed E-state index contributed by atoms with van der Waals surface area (Å²) in [5.74, 6) is 0.700. The van der Waals surface area contributed by atoms with Gasteiger partial charge in [-0.15, -0.1) is 10.2 Å². The van der Waals surface area contributed by atoms with Crippen LogP contribution in [-0.4, -0.2) is 15.1 Å². The highest BCUT2D eigenvalue weighted by molar-refractivity contribution is 8.00. The van der Waals surface area contributed by atoms with Crippen LogP contribution in [0.4, 0.5) is 10.8 Å². The smallest absolute Gasteiger partial charge is 0.269 e. The highest BCUT2D eigenvalue weighted by Gasteiger charge is 2.07. The topological polar surface area (TPSA) is 81.0 Å². The Balaban J connectivity index is 1.51. The Morgan fingerprint density at radius 3 is 2.50 bits per heavy atom. The Morgan fingerprint density at radius 1 is 1.04 bits per heavy atom. The van der Waals surface area contributed by atoms with Crippen molar-refractivity contribution in [3.05, 3.63) is 75.8 Å². The van der Waals surface area contributed by atoms with Crippen molar-refractivity contribution in [3.63, 3.8) is 0 Å². The van der Waals surface area contributed by atoms with Crippen LogP contribution >= 0.6 is 23.1 Å². The van der Waals surface area contributed by atoms with Crippen molar-refractivity contribution in [2.75, 3.05) is 5.32 Å². The average Bonchev–Trinajstić information content (AvgIpc) is 3.07. The van der Waals surface area contributed by atoms with Crippen LogP contribution in [0.25, 0.3) is 0 Å². The molecule has 0 spiro atoms. The predicted molar refractivity (Wildman–Crippen MR) is 96.3 cm³/mol. The Labute approximate surface area is 147 Å². The van der Waals surface area contributed by atoms with Gasteiger partial charge in [0.05, 0.1) is 4.92 Å². The van der Waals surface area contributed by atoms with E-state index < -0.39 is 4.92 Å². The van der Waals surface area contributed by atoms with Gasteiger partial charge >= 0.3 is 0 Å². The predicted octanol–water partition coefficient (Wildman–Crippen LogP) is 4.35. The molecule has 0 bridgehead atoms. The minimum absolute atomic E-state index is 0.104. The van der Waals surface area contributed by atoms with Gasteiger partial charge in [0.25, 0.3) is 5.69 Å². The summed E-state index contributed by atoms with van der Waals surface area (Å²) in [5.41, 5.74) is 2.31. The fraction of sp³-hybridized carbons (Fsp3) is 0.125. The first-order chi connectivity index (χ1) is 11.7. The van der Waals surface area contributed by atoms with Crippen LogP contribution in [0.2, 0.25) is 0 Å². The molecular formula is C16H14N4O2S2. The molecule has 0 unspecified atom stereocenters. The first kappa shape index (κ1) is 16.4. The van der Waals surface area contributed by atoms with Gasteiger partial charge in [-0.1, -0.05) is 65.6 Å². The van der Waals surface area contributed by atoms with E-state index in [-0.39, 0.29) is 5.69 Å². The largest absolute Gasteiger partial charge is 0.356 e. The maximum atomic E-state index is 10.6. The molecule has 1 heterocycles. The summed E-state index contributed by atoms with van der Waals surface area (Å²) in [4.78, 5) is 10.2. The lowest BCUT2D eigenvalue weighted by Crippen LogP contribution is -1.98. The maximum absolute atomic E-state index is 10.6. The second-order valence-electron chi connectivity index (χ2n) is 4.92. The van der Waals surface area contributed by atoms with Crippen molar-refractivity contribution in [2.24, 2.45) is 0 Å². The van der Waals surface area contributed by atoms with Crippen LogP contribution in [0.1, 0.15) is 11.1 Å². The van der Waals surface area contributed by atoms with Crippen molar-refractivity contribution in [1.29, 1.82) is 0 Å². The van der Waals surface area contributed by atoms with Gasteiger partial charge in [-0.3, -0.25) is 10.1 Å². The second kappa shape index (κ2) is 7.89. The lowest BCUT2D eigenvalue weighted by atomic mass is 10.2. The van der Waals surface area contributed by atoms with E-state index in [1.54, 1.807) is 23.9 Å². The fourth-order valence-electron chi connectivity index (χ4n) is 1.97. The Kier molecular flexibility index (Phi) is 5.39. The molecule has 0 aliphatic carbocycles. The number of nitro groups is 1. The minimum atomic E-state index is -0.396. The Hall–Kier alpha value is -2.45. The molecule has 8 heteroatoms. The molecule has 3 rings (SSSR count). The summed E-state index contributed by atoms with van der Waals surface area (Å²) in [6.07, 6.45) is 0. The van der Waals surface area contributed by atoms with Crippen molar-refractivity contribution < 1.29 is 4.92 Å². The minimum Gasteiger partial charge on any atom is -0.356 e. The number of hydrogen-bond acceptors (Lipinski definition) is 7. The number of nitrogens with zero attached hydrogens (tertiary/aromatic N) is 3. The molecule has 0 atom stereocenters. The van der Waals surface area contributed by atoms with E-state index in [0.29, 0.717) is 12.3 Å². The van der Waals surface area contributed by atoms with Crippen LogP contribution in [0.3, 0.4) is 0 Å². The zero-order valence-electron chi connectivity index (χ0n) is 12.6. The molecule has 6 nitrogen and oxygen atoms in total. The lowest BCUT2D eigenvalue weighted by molar-refractivity contribution is -0.384. The van der Waals surface area contributed by atoms with Gasteiger partial charge in [0.1, 0.15) is 0 Å². The lowest BCUT2D eigenvalue weighted by Gasteiger charge is -2.01. The second-order valence-corrected chi connectivity index (χ2v) is 7.12. The number of nitro benzene ring substituents is 1. The number of non-ortho nitro benzene ring substituents is 1. The van der Waals surface area contributed by atoms with Crippen LogP contribution in [0.15, 0.2) is 58.9 Å². The third-order valence-electron chi connectivity index (χ3n) is 3.20. The van der Waals surface area contributed by atoms with E-state index in [2.05, 4.69) is 27.6 Å². The highest BCUT2D eigenvalue weighted by atomic mass is 32.2. The number of hydrogen-bond donors (Lipinski definition) is 1. The van der Waals surface area contributed by atoms with Gasteiger partial charge in [0, 0.05) is 24.4 Å². The number of benzene rings is 2. The zero-order valence-corrected chi connectivity index (χ0v) is 14.2. The molecule has 122 valence electrons. The van der Waals surface area contributed by atoms with Crippen molar-refractivity contribution in [3.8, 4) is 0 Å². The van der Waals surface area contributed by atoms with E-state index in [9.17, 15) is 10.1 Å². The average molecular weight is 358 g/mol. The number of nitrogens with one attached hydrogen (secondary N) is 1. The number of anilines is 1. The summed E-state index contributed by atoms with van der Waals surface area (Å²) >= 11 is 3.07. The molecule has 1 N–H and O–H groups in total. The molecule has 2 aromatic carbocycles. The molecule has 0 saturated heterocycles. The monoisotopic (exact) mass is 358 g/mol. The van der Waals surface area contributed by atoms with Gasteiger partial charge in [-0.05, 0) is 11.1 Å². The third kappa shape index (κ3) is 4.53. The first-order valence-electron chi connectivity index (χ1n) is 7.18. The highest BCUT2D eigenvalue weighted by Crippen LogP contribution is 2.29. The maximum Gasteiger partial charge on any atom is 0.269 e. The molecule has 0 amide bonds. The summed E-state index contributed by atoms with van der Waals surface area (Å²) in [7, 11) is 0. The normalized spacial score (nSPS) is 10.5. The molecule has 0 fully saturated rings. The van der Waals surface area contributed by atoms with E-state index in [0.717, 1.165) is 15.0 Å². The molecule has 24 heavy (non-hydrogen) atoms. The summed E-state index contributed by atoms with van der Waals surface area (Å²) in [6, 6.07) is 16.7. The summed E-state index contributed by atoms with van der Waals surface area (Å²) in [5, 5.41) is 23.0. The Morgan fingerprint density at radius 2 is 1.79 bits per heavy atom. The van der Waals surface area contributed by atoms with Gasteiger partial charge < -0.3 is 5.32 Å². The molecule has 3 aromatic rings. The standard InChI is InChI=1S/C16H14N4O2S2/c21-20(22)14-8-6-13(7-9-14)11-23-16-19-18-15(24-16)17-10-12-4-2-1-3-5-12/h1-9H,10-11H2,(H,17,18). The van der Waals surface area contributed by atoms with E-state index in [1.165, 1.54) is 29.0 Å². The van der Waals surface area contributed by atoms with Gasteiger partial charge in [0.2, 0.25) is 5.13 Å². The van der Waals surface area contributed by atoms with E-state index in [1.807, 2.05) is 18.2 Å². The quantitative estimate of drug-likeness (QED) is 0.384.